The number of amides is 2. The number of primary amides is 1. The second kappa shape index (κ2) is 8.72. The number of hydrogen-bond donors (Lipinski definition) is 2. The van der Waals surface area contributed by atoms with Crippen LogP contribution in [-0.4, -0.2) is 26.6 Å². The van der Waals surface area contributed by atoms with Gasteiger partial charge < -0.3 is 15.6 Å². The number of hydrogen-bond acceptors (Lipinski definition) is 5. The first-order valence-corrected chi connectivity index (χ1v) is 11.8. The van der Waals surface area contributed by atoms with Gasteiger partial charge in [-0.2, -0.15) is 0 Å². The topological polar surface area (TPSA) is 90.0 Å². The van der Waals surface area contributed by atoms with Gasteiger partial charge in [-0.1, -0.05) is 30.0 Å². The number of nitrogens with one attached hydrogen (secondary N) is 1. The number of fused-ring (bicyclic) bond motifs is 3. The Morgan fingerprint density at radius 2 is 1.94 bits per heavy atom. The molecular formula is C23H24N4O2S2. The van der Waals surface area contributed by atoms with Crippen LogP contribution in [0.5, 0.6) is 0 Å². The SMILES string of the molecule is CCn1c2ccccc2c2cc(NC(=O)C(C)Sc3nc(C)c(CC(N)=O)s3)ccc21. The Morgan fingerprint density at radius 1 is 1.19 bits per heavy atom. The first-order chi connectivity index (χ1) is 14.9. The lowest BCUT2D eigenvalue weighted by atomic mass is 10.1. The second-order valence-electron chi connectivity index (χ2n) is 7.37. The number of nitrogens with two attached hydrogens (primary N) is 1. The lowest BCUT2D eigenvalue weighted by molar-refractivity contribution is -0.117. The molecule has 2 amide bonds. The van der Waals surface area contributed by atoms with E-state index in [2.05, 4.69) is 40.0 Å². The Labute approximate surface area is 188 Å². The molecule has 0 fully saturated rings. The molecule has 0 saturated carbocycles. The Kier molecular flexibility index (Phi) is 6.02. The molecule has 31 heavy (non-hydrogen) atoms. The number of carbonyl (C=O) groups excluding carboxylic acids is 2. The average molecular weight is 453 g/mol. The number of aromatic nitrogens is 2. The van der Waals surface area contributed by atoms with Crippen molar-refractivity contribution in [1.29, 1.82) is 0 Å². The van der Waals surface area contributed by atoms with Crippen LogP contribution in [0.15, 0.2) is 46.8 Å². The van der Waals surface area contributed by atoms with Crippen LogP contribution in [0.2, 0.25) is 0 Å². The fourth-order valence-corrected chi connectivity index (χ4v) is 6.08. The molecule has 0 radical (unpaired) electrons. The summed E-state index contributed by atoms with van der Waals surface area (Å²) >= 11 is 2.80. The van der Waals surface area contributed by atoms with Crippen LogP contribution < -0.4 is 11.1 Å². The third kappa shape index (κ3) is 4.31. The Hall–Kier alpha value is -2.84. The van der Waals surface area contributed by atoms with Gasteiger partial charge in [0, 0.05) is 38.9 Å². The van der Waals surface area contributed by atoms with Crippen molar-refractivity contribution in [1.82, 2.24) is 9.55 Å². The average Bonchev–Trinajstić information content (AvgIpc) is 3.24. The fraction of sp³-hybridized carbons (Fsp3) is 0.261. The Morgan fingerprint density at radius 3 is 2.68 bits per heavy atom. The highest BCUT2D eigenvalue weighted by atomic mass is 32.2. The zero-order valence-electron chi connectivity index (χ0n) is 17.6. The van der Waals surface area contributed by atoms with E-state index in [1.54, 1.807) is 0 Å². The van der Waals surface area contributed by atoms with Crippen LogP contribution in [0.1, 0.15) is 24.4 Å². The van der Waals surface area contributed by atoms with Gasteiger partial charge in [-0.25, -0.2) is 4.98 Å². The minimum Gasteiger partial charge on any atom is -0.369 e. The first-order valence-electron chi connectivity index (χ1n) is 10.1. The van der Waals surface area contributed by atoms with E-state index in [1.807, 2.05) is 38.1 Å². The van der Waals surface area contributed by atoms with Gasteiger partial charge in [-0.3, -0.25) is 9.59 Å². The van der Waals surface area contributed by atoms with Gasteiger partial charge in [0.1, 0.15) is 0 Å². The molecule has 1 atom stereocenters. The second-order valence-corrected chi connectivity index (χ2v) is 10.0. The van der Waals surface area contributed by atoms with Crippen LogP contribution >= 0.6 is 23.1 Å². The minimum atomic E-state index is -0.381. The van der Waals surface area contributed by atoms with Crippen molar-refractivity contribution in [2.75, 3.05) is 5.32 Å². The van der Waals surface area contributed by atoms with Crippen molar-refractivity contribution in [2.45, 2.75) is 43.3 Å². The third-order valence-electron chi connectivity index (χ3n) is 5.21. The van der Waals surface area contributed by atoms with Crippen molar-refractivity contribution in [3.63, 3.8) is 0 Å². The van der Waals surface area contributed by atoms with E-state index in [4.69, 9.17) is 5.73 Å². The Balaban J connectivity index is 1.53. The number of carbonyl (C=O) groups is 2. The predicted molar refractivity (Wildman–Crippen MR) is 129 cm³/mol. The number of benzene rings is 2. The van der Waals surface area contributed by atoms with E-state index in [0.29, 0.717) is 0 Å². The van der Waals surface area contributed by atoms with Crippen molar-refractivity contribution >= 4 is 62.4 Å². The fourth-order valence-electron chi connectivity index (χ4n) is 3.69. The molecule has 0 saturated heterocycles. The Bertz CT molecular complexity index is 1290. The van der Waals surface area contributed by atoms with Gasteiger partial charge in [0.05, 0.1) is 17.4 Å². The van der Waals surface area contributed by atoms with E-state index in [-0.39, 0.29) is 23.5 Å². The maximum Gasteiger partial charge on any atom is 0.237 e. The summed E-state index contributed by atoms with van der Waals surface area (Å²) in [6.07, 6.45) is 0.177. The van der Waals surface area contributed by atoms with E-state index in [9.17, 15) is 9.59 Å². The van der Waals surface area contributed by atoms with Crippen LogP contribution in [0.4, 0.5) is 5.69 Å². The third-order valence-corrected chi connectivity index (χ3v) is 7.56. The number of anilines is 1. The molecule has 0 aliphatic rings. The number of rotatable bonds is 7. The van der Waals surface area contributed by atoms with Crippen LogP contribution in [0.25, 0.3) is 21.8 Å². The van der Waals surface area contributed by atoms with E-state index < -0.39 is 0 Å². The molecule has 2 heterocycles. The number of nitrogens with zero attached hydrogens (tertiary/aromatic N) is 2. The molecule has 4 rings (SSSR count). The van der Waals surface area contributed by atoms with Gasteiger partial charge in [0.25, 0.3) is 0 Å². The highest BCUT2D eigenvalue weighted by Crippen LogP contribution is 2.33. The monoisotopic (exact) mass is 452 g/mol. The molecule has 0 aliphatic heterocycles. The molecule has 2 aromatic carbocycles. The van der Waals surface area contributed by atoms with Crippen molar-refractivity contribution in [3.05, 3.63) is 53.0 Å². The highest BCUT2D eigenvalue weighted by molar-refractivity contribution is 8.02. The zero-order valence-corrected chi connectivity index (χ0v) is 19.3. The molecule has 2 aromatic heterocycles. The summed E-state index contributed by atoms with van der Waals surface area (Å²) in [6.45, 7) is 6.72. The standard InChI is InChI=1S/C23H24N4O2S2/c1-4-27-18-8-6-5-7-16(18)17-11-15(9-10-19(17)27)26-22(29)14(3)30-23-25-13(2)20(31-23)12-21(24)28/h5-11,14H,4,12H2,1-3H3,(H2,24,28)(H,26,29). The van der Waals surface area contributed by atoms with Gasteiger partial charge in [0.2, 0.25) is 11.8 Å². The number of para-hydroxylation sites is 1. The summed E-state index contributed by atoms with van der Waals surface area (Å²) in [5, 5.41) is 5.01. The molecule has 6 nitrogen and oxygen atoms in total. The van der Waals surface area contributed by atoms with Gasteiger partial charge in [-0.15, -0.1) is 11.3 Å². The van der Waals surface area contributed by atoms with E-state index >= 15 is 0 Å². The molecule has 8 heteroatoms. The smallest absolute Gasteiger partial charge is 0.237 e. The molecule has 4 aromatic rings. The van der Waals surface area contributed by atoms with Crippen molar-refractivity contribution in [3.8, 4) is 0 Å². The molecule has 0 spiro atoms. The lowest BCUT2D eigenvalue weighted by Crippen LogP contribution is -2.22. The molecular weight excluding hydrogens is 428 g/mol. The van der Waals surface area contributed by atoms with Crippen molar-refractivity contribution in [2.24, 2.45) is 5.73 Å². The largest absolute Gasteiger partial charge is 0.369 e. The molecule has 0 bridgehead atoms. The van der Waals surface area contributed by atoms with E-state index in [0.717, 1.165) is 38.0 Å². The number of thioether (sulfide) groups is 1. The van der Waals surface area contributed by atoms with E-state index in [1.165, 1.54) is 34.0 Å². The molecule has 1 unspecified atom stereocenters. The summed E-state index contributed by atoms with van der Waals surface area (Å²) in [6, 6.07) is 14.4. The van der Waals surface area contributed by atoms with Gasteiger partial charge in [0.15, 0.2) is 4.34 Å². The highest BCUT2D eigenvalue weighted by Gasteiger charge is 2.19. The molecule has 160 valence electrons. The summed E-state index contributed by atoms with van der Waals surface area (Å²) in [4.78, 5) is 29.3. The molecule has 0 aliphatic carbocycles. The lowest BCUT2D eigenvalue weighted by Gasteiger charge is -2.11. The summed E-state index contributed by atoms with van der Waals surface area (Å²) in [7, 11) is 0. The van der Waals surface area contributed by atoms with Crippen LogP contribution in [-0.2, 0) is 22.6 Å². The number of thiazole rings is 1. The van der Waals surface area contributed by atoms with Gasteiger partial charge in [-0.05, 0) is 45.0 Å². The van der Waals surface area contributed by atoms with Gasteiger partial charge >= 0.3 is 0 Å². The van der Waals surface area contributed by atoms with Crippen LogP contribution in [0, 0.1) is 6.92 Å². The number of aryl methyl sites for hydroxylation is 2. The van der Waals surface area contributed by atoms with Crippen molar-refractivity contribution < 1.29 is 9.59 Å². The molecule has 3 N–H and O–H groups in total. The zero-order chi connectivity index (χ0) is 22.1. The minimum absolute atomic E-state index is 0.0899. The normalized spacial score (nSPS) is 12.4. The summed E-state index contributed by atoms with van der Waals surface area (Å²) in [5.74, 6) is -0.471. The maximum absolute atomic E-state index is 12.8. The quantitative estimate of drug-likeness (QED) is 0.397. The maximum atomic E-state index is 12.8. The summed E-state index contributed by atoms with van der Waals surface area (Å²) in [5.41, 5.74) is 9.20. The van der Waals surface area contributed by atoms with Crippen LogP contribution in [0.3, 0.4) is 0 Å². The predicted octanol–water partition coefficient (Wildman–Crippen LogP) is 4.73. The first kappa shape index (κ1) is 21.4. The summed E-state index contributed by atoms with van der Waals surface area (Å²) < 4.78 is 3.04.